The first-order valence-electron chi connectivity index (χ1n) is 9.60. The van der Waals surface area contributed by atoms with Crippen LogP contribution in [0.4, 0.5) is 0 Å². The van der Waals surface area contributed by atoms with E-state index in [9.17, 15) is 0 Å². The van der Waals surface area contributed by atoms with Crippen LogP contribution in [0.15, 0.2) is 4.99 Å². The Morgan fingerprint density at radius 2 is 1.40 bits per heavy atom. The zero-order valence-corrected chi connectivity index (χ0v) is 18.5. The molecule has 4 rings (SSSR count). The van der Waals surface area contributed by atoms with Gasteiger partial charge in [0, 0.05) is 55.0 Å². The maximum atomic E-state index is 6.02. The van der Waals surface area contributed by atoms with Crippen molar-refractivity contribution in [2.75, 3.05) is 20.3 Å². The second-order valence-corrected chi connectivity index (χ2v) is 9.30. The van der Waals surface area contributed by atoms with E-state index in [1.54, 1.807) is 0 Å². The first-order chi connectivity index (χ1) is 11.4. The largest absolute Gasteiger partial charge is 0.377 e. The van der Waals surface area contributed by atoms with Crippen molar-refractivity contribution in [3.63, 3.8) is 0 Å². The van der Waals surface area contributed by atoms with E-state index in [0.717, 1.165) is 25.6 Å². The van der Waals surface area contributed by atoms with Gasteiger partial charge in [-0.3, -0.25) is 4.99 Å². The third-order valence-electron chi connectivity index (χ3n) is 7.24. The van der Waals surface area contributed by atoms with Gasteiger partial charge in [-0.25, -0.2) is 0 Å². The molecule has 0 amide bonds. The molecule has 0 radical (unpaired) electrons. The van der Waals surface area contributed by atoms with Crippen LogP contribution in [0.2, 0.25) is 0 Å². The lowest BCUT2D eigenvalue weighted by Crippen LogP contribution is -2.73. The molecule has 2 saturated carbocycles. The van der Waals surface area contributed by atoms with Crippen LogP contribution in [0.3, 0.4) is 0 Å². The molecular weight excluding hydrogens is 429 g/mol. The summed E-state index contributed by atoms with van der Waals surface area (Å²) in [6.07, 6.45) is 4.41. The lowest BCUT2D eigenvalue weighted by atomic mass is 9.55. The molecule has 2 heterocycles. The fourth-order valence-electron chi connectivity index (χ4n) is 5.90. The van der Waals surface area contributed by atoms with Crippen molar-refractivity contribution in [2.24, 2.45) is 27.7 Å². The van der Waals surface area contributed by atoms with E-state index in [-0.39, 0.29) is 34.8 Å². The van der Waals surface area contributed by atoms with Crippen molar-refractivity contribution >= 4 is 29.9 Å². The van der Waals surface area contributed by atoms with Gasteiger partial charge in [-0.05, 0) is 19.3 Å². The average Bonchev–Trinajstić information content (AvgIpc) is 3.02. The van der Waals surface area contributed by atoms with Crippen LogP contribution in [0, 0.1) is 22.7 Å². The molecule has 2 aliphatic carbocycles. The molecular formula is C19H34IN3O2. The molecule has 4 aliphatic rings. The fraction of sp³-hybridized carbons (Fsp3) is 0.947. The van der Waals surface area contributed by atoms with Crippen LogP contribution < -0.4 is 10.6 Å². The van der Waals surface area contributed by atoms with E-state index in [4.69, 9.17) is 9.47 Å². The van der Waals surface area contributed by atoms with Gasteiger partial charge in [0.25, 0.3) is 0 Å². The molecule has 0 bridgehead atoms. The Labute approximate surface area is 169 Å². The second kappa shape index (κ2) is 6.82. The van der Waals surface area contributed by atoms with Gasteiger partial charge in [0.1, 0.15) is 0 Å². The first kappa shape index (κ1) is 19.7. The van der Waals surface area contributed by atoms with Gasteiger partial charge < -0.3 is 20.1 Å². The molecule has 0 aromatic rings. The second-order valence-electron chi connectivity index (χ2n) is 9.30. The van der Waals surface area contributed by atoms with Crippen molar-refractivity contribution in [3.8, 4) is 0 Å². The predicted octanol–water partition coefficient (Wildman–Crippen LogP) is 2.79. The molecule has 2 aliphatic heterocycles. The third-order valence-corrected chi connectivity index (χ3v) is 7.24. The summed E-state index contributed by atoms with van der Waals surface area (Å²) < 4.78 is 11.9. The standard InChI is InChI=1S/C19H33N3O2.HI/c1-18(2)13(11-7-6-9-23-15(11)18)21-17(20-5)22-14-12-8-10-24-16(12)19(14,3)4;/h11-16H,6-10H2,1-5H3,(H2,20,21,22);1H. The van der Waals surface area contributed by atoms with Gasteiger partial charge in [-0.15, -0.1) is 24.0 Å². The monoisotopic (exact) mass is 463 g/mol. The molecule has 0 aromatic carbocycles. The van der Waals surface area contributed by atoms with Gasteiger partial charge in [0.2, 0.25) is 0 Å². The Bertz CT molecular complexity index is 537. The van der Waals surface area contributed by atoms with Crippen molar-refractivity contribution in [1.82, 2.24) is 10.6 Å². The minimum absolute atomic E-state index is 0. The lowest BCUT2D eigenvalue weighted by Gasteiger charge is -2.60. The fourth-order valence-corrected chi connectivity index (χ4v) is 5.90. The molecule has 2 saturated heterocycles. The zero-order valence-electron chi connectivity index (χ0n) is 16.2. The number of nitrogens with zero attached hydrogens (tertiary/aromatic N) is 1. The molecule has 4 fully saturated rings. The SMILES string of the molecule is CN=C(NC1C2CCCOC2C1(C)C)NC1C2CCOC2C1(C)C.I. The van der Waals surface area contributed by atoms with Crippen molar-refractivity contribution < 1.29 is 9.47 Å². The number of hydrogen-bond donors (Lipinski definition) is 2. The van der Waals surface area contributed by atoms with Crippen molar-refractivity contribution in [3.05, 3.63) is 0 Å². The van der Waals surface area contributed by atoms with Crippen LogP contribution >= 0.6 is 24.0 Å². The molecule has 0 aromatic heterocycles. The molecule has 25 heavy (non-hydrogen) atoms. The Hall–Kier alpha value is -0.0800. The molecule has 5 nitrogen and oxygen atoms in total. The summed E-state index contributed by atoms with van der Waals surface area (Å²) in [5, 5.41) is 7.44. The van der Waals surface area contributed by atoms with Crippen LogP contribution in [0.5, 0.6) is 0 Å². The maximum absolute atomic E-state index is 6.02. The highest BCUT2D eigenvalue weighted by atomic mass is 127. The number of halogens is 1. The normalized spacial score (nSPS) is 43.6. The summed E-state index contributed by atoms with van der Waals surface area (Å²) in [4.78, 5) is 4.53. The van der Waals surface area contributed by atoms with Crippen LogP contribution in [0.25, 0.3) is 0 Å². The molecule has 2 N–H and O–H groups in total. The van der Waals surface area contributed by atoms with E-state index < -0.39 is 0 Å². The van der Waals surface area contributed by atoms with Crippen molar-refractivity contribution in [1.29, 1.82) is 0 Å². The quantitative estimate of drug-likeness (QED) is 0.376. The van der Waals surface area contributed by atoms with E-state index in [2.05, 4.69) is 43.3 Å². The molecule has 0 spiro atoms. The van der Waals surface area contributed by atoms with Crippen LogP contribution in [0.1, 0.15) is 47.0 Å². The third kappa shape index (κ3) is 2.90. The van der Waals surface area contributed by atoms with E-state index >= 15 is 0 Å². The van der Waals surface area contributed by atoms with E-state index in [1.807, 2.05) is 7.05 Å². The number of ether oxygens (including phenoxy) is 2. The van der Waals surface area contributed by atoms with E-state index in [0.29, 0.717) is 36.1 Å². The molecule has 6 atom stereocenters. The lowest BCUT2D eigenvalue weighted by molar-refractivity contribution is -0.188. The smallest absolute Gasteiger partial charge is 0.191 e. The number of rotatable bonds is 2. The minimum Gasteiger partial charge on any atom is -0.377 e. The summed E-state index contributed by atoms with van der Waals surface area (Å²) in [6.45, 7) is 11.1. The Kier molecular flexibility index (Phi) is 5.37. The number of fused-ring (bicyclic) bond motifs is 2. The number of guanidine groups is 1. The first-order valence-corrected chi connectivity index (χ1v) is 9.60. The summed E-state index contributed by atoms with van der Waals surface area (Å²) in [7, 11) is 1.88. The van der Waals surface area contributed by atoms with Crippen molar-refractivity contribution in [2.45, 2.75) is 71.2 Å². The van der Waals surface area contributed by atoms with E-state index in [1.165, 1.54) is 12.8 Å². The Morgan fingerprint density at radius 3 is 1.96 bits per heavy atom. The van der Waals surface area contributed by atoms with Crippen LogP contribution in [-0.2, 0) is 9.47 Å². The topological polar surface area (TPSA) is 54.9 Å². The summed E-state index contributed by atoms with van der Waals surface area (Å²) >= 11 is 0. The molecule has 6 unspecified atom stereocenters. The highest BCUT2D eigenvalue weighted by Crippen LogP contribution is 2.53. The van der Waals surface area contributed by atoms with Gasteiger partial charge in [-0.2, -0.15) is 0 Å². The van der Waals surface area contributed by atoms with Gasteiger partial charge in [0.05, 0.1) is 12.2 Å². The number of nitrogens with one attached hydrogen (secondary N) is 2. The molecule has 6 heteroatoms. The Morgan fingerprint density at radius 1 is 0.880 bits per heavy atom. The zero-order chi connectivity index (χ0) is 17.1. The number of aliphatic imine (C=N–C) groups is 1. The maximum Gasteiger partial charge on any atom is 0.191 e. The predicted molar refractivity (Wildman–Crippen MR) is 110 cm³/mol. The van der Waals surface area contributed by atoms with Gasteiger partial charge in [-0.1, -0.05) is 27.7 Å². The number of hydrogen-bond acceptors (Lipinski definition) is 3. The highest BCUT2D eigenvalue weighted by molar-refractivity contribution is 14.0. The van der Waals surface area contributed by atoms with Crippen LogP contribution in [-0.4, -0.2) is 50.5 Å². The Balaban J connectivity index is 0.00000182. The summed E-state index contributed by atoms with van der Waals surface area (Å²) in [5.74, 6) is 2.18. The molecule has 144 valence electrons. The average molecular weight is 463 g/mol. The minimum atomic E-state index is 0. The summed E-state index contributed by atoms with van der Waals surface area (Å²) in [5.41, 5.74) is 0.335. The van der Waals surface area contributed by atoms with Gasteiger partial charge in [0.15, 0.2) is 5.96 Å². The summed E-state index contributed by atoms with van der Waals surface area (Å²) in [6, 6.07) is 0.880. The highest BCUT2D eigenvalue weighted by Gasteiger charge is 2.61. The van der Waals surface area contributed by atoms with Gasteiger partial charge >= 0.3 is 0 Å².